The highest BCUT2D eigenvalue weighted by molar-refractivity contribution is 5.68. The van der Waals surface area contributed by atoms with Crippen LogP contribution in [0.3, 0.4) is 0 Å². The SMILES string of the molecule is C=C1C(=CC=C(CCCCCC)c2cccc(CCCCCC(C)(C)O)c2)C[C@@H](O)C[C@@H]1O. The maximum atomic E-state index is 10.2. The Hall–Kier alpha value is -1.68. The number of hydrogen-bond acceptors (Lipinski definition) is 3. The van der Waals surface area contributed by atoms with Crippen molar-refractivity contribution in [3.05, 3.63) is 65.3 Å². The molecule has 0 bridgehead atoms. The summed E-state index contributed by atoms with van der Waals surface area (Å²) < 4.78 is 0. The van der Waals surface area contributed by atoms with Gasteiger partial charge in [0.2, 0.25) is 0 Å². The van der Waals surface area contributed by atoms with Crippen LogP contribution in [0.1, 0.15) is 103 Å². The molecule has 1 saturated carbocycles. The number of aryl methyl sites for hydroxylation is 1. The Labute approximate surface area is 201 Å². The topological polar surface area (TPSA) is 60.7 Å². The van der Waals surface area contributed by atoms with Crippen LogP contribution >= 0.6 is 0 Å². The zero-order chi connectivity index (χ0) is 24.3. The molecule has 0 saturated heterocycles. The summed E-state index contributed by atoms with van der Waals surface area (Å²) >= 11 is 0. The molecular formula is C30H46O3. The summed E-state index contributed by atoms with van der Waals surface area (Å²) in [6.45, 7) is 10.0. The van der Waals surface area contributed by atoms with Gasteiger partial charge < -0.3 is 15.3 Å². The average Bonchev–Trinajstić information content (AvgIpc) is 2.75. The fourth-order valence-corrected chi connectivity index (χ4v) is 4.51. The highest BCUT2D eigenvalue weighted by atomic mass is 16.3. The molecule has 33 heavy (non-hydrogen) atoms. The molecule has 1 aliphatic rings. The lowest BCUT2D eigenvalue weighted by atomic mass is 9.85. The smallest absolute Gasteiger partial charge is 0.0811 e. The zero-order valence-corrected chi connectivity index (χ0v) is 21.2. The van der Waals surface area contributed by atoms with Crippen LogP contribution in [0, 0.1) is 0 Å². The van der Waals surface area contributed by atoms with Gasteiger partial charge in [-0.25, -0.2) is 0 Å². The van der Waals surface area contributed by atoms with Crippen LogP contribution in [0.5, 0.6) is 0 Å². The Morgan fingerprint density at radius 3 is 2.58 bits per heavy atom. The first kappa shape index (κ1) is 27.6. The summed E-state index contributed by atoms with van der Waals surface area (Å²) in [6, 6.07) is 8.88. The fraction of sp³-hybridized carbons (Fsp3) is 0.600. The Kier molecular flexibility index (Phi) is 11.6. The third-order valence-corrected chi connectivity index (χ3v) is 6.60. The quantitative estimate of drug-likeness (QED) is 0.284. The molecule has 1 aromatic carbocycles. The van der Waals surface area contributed by atoms with Crippen LogP contribution in [0.25, 0.3) is 5.57 Å². The third-order valence-electron chi connectivity index (χ3n) is 6.60. The number of aliphatic hydroxyl groups is 3. The third kappa shape index (κ3) is 10.4. The number of benzene rings is 1. The maximum absolute atomic E-state index is 10.2. The van der Waals surface area contributed by atoms with Crippen LogP contribution < -0.4 is 0 Å². The predicted molar refractivity (Wildman–Crippen MR) is 140 cm³/mol. The standard InChI is InChI=1S/C30H46O3/c1-5-6-7-10-15-25(17-18-26-21-28(31)22-29(32)23(26)2)27-16-12-14-24(20-27)13-9-8-11-19-30(3,4)33/h12,14,16-18,20,28-29,31-33H,2,5-11,13,15,19,21-22H2,1,3-4H3/t28-,29+/m1/s1. The first-order chi connectivity index (χ1) is 15.7. The van der Waals surface area contributed by atoms with Crippen molar-refractivity contribution in [2.24, 2.45) is 0 Å². The molecule has 0 radical (unpaired) electrons. The van der Waals surface area contributed by atoms with Crippen molar-refractivity contribution < 1.29 is 15.3 Å². The molecule has 1 aliphatic carbocycles. The van der Waals surface area contributed by atoms with E-state index in [1.807, 2.05) is 13.8 Å². The summed E-state index contributed by atoms with van der Waals surface area (Å²) in [6.07, 6.45) is 15.1. The minimum absolute atomic E-state index is 0.377. The van der Waals surface area contributed by atoms with Gasteiger partial charge in [-0.05, 0) is 80.2 Å². The number of hydrogen-bond donors (Lipinski definition) is 3. The van der Waals surface area contributed by atoms with E-state index in [2.05, 4.69) is 49.9 Å². The second-order valence-corrected chi connectivity index (χ2v) is 10.4. The molecule has 2 rings (SSSR count). The summed E-state index contributed by atoms with van der Waals surface area (Å²) in [5.74, 6) is 0. The van der Waals surface area contributed by atoms with Crippen LogP contribution in [0.2, 0.25) is 0 Å². The number of aliphatic hydroxyl groups excluding tert-OH is 2. The first-order valence-corrected chi connectivity index (χ1v) is 13.0. The molecule has 2 atom stereocenters. The van der Waals surface area contributed by atoms with Crippen molar-refractivity contribution >= 4 is 5.57 Å². The second-order valence-electron chi connectivity index (χ2n) is 10.4. The van der Waals surface area contributed by atoms with Crippen molar-refractivity contribution in [1.29, 1.82) is 0 Å². The van der Waals surface area contributed by atoms with E-state index in [-0.39, 0.29) is 0 Å². The molecular weight excluding hydrogens is 408 g/mol. The lowest BCUT2D eigenvalue weighted by Crippen LogP contribution is -2.26. The van der Waals surface area contributed by atoms with Gasteiger partial charge in [0, 0.05) is 6.42 Å². The number of unbranched alkanes of at least 4 members (excludes halogenated alkanes) is 5. The minimum Gasteiger partial charge on any atom is -0.393 e. The first-order valence-electron chi connectivity index (χ1n) is 13.0. The van der Waals surface area contributed by atoms with E-state index in [0.717, 1.165) is 56.1 Å². The van der Waals surface area contributed by atoms with Gasteiger partial charge in [0.1, 0.15) is 0 Å². The number of rotatable bonds is 13. The summed E-state index contributed by atoms with van der Waals surface area (Å²) in [5, 5.41) is 30.1. The monoisotopic (exact) mass is 454 g/mol. The van der Waals surface area contributed by atoms with Crippen LogP contribution in [-0.2, 0) is 6.42 Å². The van der Waals surface area contributed by atoms with E-state index in [0.29, 0.717) is 12.8 Å². The van der Waals surface area contributed by atoms with Crippen molar-refractivity contribution in [3.8, 4) is 0 Å². The largest absolute Gasteiger partial charge is 0.393 e. The Morgan fingerprint density at radius 1 is 1.09 bits per heavy atom. The van der Waals surface area contributed by atoms with Gasteiger partial charge in [0.15, 0.2) is 0 Å². The van der Waals surface area contributed by atoms with Crippen molar-refractivity contribution in [3.63, 3.8) is 0 Å². The molecule has 1 aromatic rings. The summed E-state index contributed by atoms with van der Waals surface area (Å²) in [7, 11) is 0. The van der Waals surface area contributed by atoms with E-state index in [1.165, 1.54) is 36.0 Å². The van der Waals surface area contributed by atoms with Gasteiger partial charge in [-0.2, -0.15) is 0 Å². The normalized spacial score (nSPS) is 21.1. The fourth-order valence-electron chi connectivity index (χ4n) is 4.51. The molecule has 0 spiro atoms. The molecule has 3 N–H and O–H groups in total. The summed E-state index contributed by atoms with van der Waals surface area (Å²) in [5.41, 5.74) is 5.05. The second kappa shape index (κ2) is 13.9. The van der Waals surface area contributed by atoms with Gasteiger partial charge in [-0.1, -0.05) is 82.0 Å². The van der Waals surface area contributed by atoms with Crippen LogP contribution in [0.4, 0.5) is 0 Å². The Balaban J connectivity index is 2.11. The highest BCUT2D eigenvalue weighted by Gasteiger charge is 2.24. The molecule has 1 fully saturated rings. The van der Waals surface area contributed by atoms with Crippen LogP contribution in [-0.4, -0.2) is 33.1 Å². The van der Waals surface area contributed by atoms with Gasteiger partial charge in [0.05, 0.1) is 17.8 Å². The van der Waals surface area contributed by atoms with E-state index in [1.54, 1.807) is 0 Å². The van der Waals surface area contributed by atoms with E-state index < -0.39 is 17.8 Å². The molecule has 0 unspecified atom stereocenters. The lowest BCUT2D eigenvalue weighted by Gasteiger charge is -2.26. The molecule has 3 heteroatoms. The van der Waals surface area contributed by atoms with Crippen molar-refractivity contribution in [2.45, 2.75) is 116 Å². The summed E-state index contributed by atoms with van der Waals surface area (Å²) in [4.78, 5) is 0. The molecule has 3 nitrogen and oxygen atoms in total. The van der Waals surface area contributed by atoms with Crippen molar-refractivity contribution in [2.75, 3.05) is 0 Å². The van der Waals surface area contributed by atoms with Gasteiger partial charge in [-0.15, -0.1) is 0 Å². The Bertz CT molecular complexity index is 797. The number of allylic oxidation sites excluding steroid dienone is 3. The molecule has 0 aromatic heterocycles. The van der Waals surface area contributed by atoms with E-state index in [4.69, 9.17) is 0 Å². The molecule has 0 amide bonds. The zero-order valence-electron chi connectivity index (χ0n) is 21.2. The maximum Gasteiger partial charge on any atom is 0.0811 e. The molecule has 0 heterocycles. The van der Waals surface area contributed by atoms with Gasteiger partial charge in [-0.3, -0.25) is 0 Å². The molecule has 0 aliphatic heterocycles. The molecule has 184 valence electrons. The van der Waals surface area contributed by atoms with Crippen molar-refractivity contribution in [1.82, 2.24) is 0 Å². The predicted octanol–water partition coefficient (Wildman–Crippen LogP) is 6.91. The van der Waals surface area contributed by atoms with E-state index in [9.17, 15) is 15.3 Å². The minimum atomic E-state index is -0.652. The lowest BCUT2D eigenvalue weighted by molar-refractivity contribution is 0.0680. The highest BCUT2D eigenvalue weighted by Crippen LogP contribution is 2.30. The van der Waals surface area contributed by atoms with Crippen LogP contribution in [0.15, 0.2) is 54.1 Å². The van der Waals surface area contributed by atoms with Gasteiger partial charge in [0.25, 0.3) is 0 Å². The van der Waals surface area contributed by atoms with Gasteiger partial charge >= 0.3 is 0 Å². The average molecular weight is 455 g/mol. The Morgan fingerprint density at radius 2 is 1.85 bits per heavy atom. The van der Waals surface area contributed by atoms with E-state index >= 15 is 0 Å².